The van der Waals surface area contributed by atoms with E-state index in [9.17, 15) is 4.79 Å². The molecule has 0 aromatic rings. The maximum Gasteiger partial charge on any atom is 0.220 e. The first-order chi connectivity index (χ1) is 6.72. The van der Waals surface area contributed by atoms with E-state index < -0.39 is 0 Å². The quantitative estimate of drug-likeness (QED) is 0.675. The minimum atomic E-state index is 0.221. The van der Waals surface area contributed by atoms with E-state index in [4.69, 9.17) is 5.73 Å². The smallest absolute Gasteiger partial charge is 0.220 e. The van der Waals surface area contributed by atoms with Crippen LogP contribution in [0.25, 0.3) is 0 Å². The van der Waals surface area contributed by atoms with Crippen LogP contribution in [-0.4, -0.2) is 19.0 Å². The second-order valence-electron chi connectivity index (χ2n) is 4.49. The number of carbonyl (C=O) groups excluding carboxylic acids is 1. The number of carbonyl (C=O) groups is 1. The van der Waals surface area contributed by atoms with Gasteiger partial charge < -0.3 is 11.1 Å². The van der Waals surface area contributed by atoms with Gasteiger partial charge in [-0.05, 0) is 37.6 Å². The molecule has 0 aromatic carbocycles. The van der Waals surface area contributed by atoms with Gasteiger partial charge in [-0.15, -0.1) is 0 Å². The molecular formula is C11H22N2O. The molecule has 1 aliphatic carbocycles. The Morgan fingerprint density at radius 3 is 2.79 bits per heavy atom. The average molecular weight is 198 g/mol. The number of hydrogen-bond acceptors (Lipinski definition) is 2. The summed E-state index contributed by atoms with van der Waals surface area (Å²) in [6, 6.07) is 0. The summed E-state index contributed by atoms with van der Waals surface area (Å²) in [5.74, 6) is 1.39. The molecule has 0 spiro atoms. The Hall–Kier alpha value is -0.570. The first-order valence-electron chi connectivity index (χ1n) is 5.69. The van der Waals surface area contributed by atoms with Crippen molar-refractivity contribution in [1.29, 1.82) is 0 Å². The molecular weight excluding hydrogens is 176 g/mol. The largest absolute Gasteiger partial charge is 0.356 e. The van der Waals surface area contributed by atoms with Crippen molar-refractivity contribution in [3.8, 4) is 0 Å². The van der Waals surface area contributed by atoms with E-state index in [1.54, 1.807) is 0 Å². The topological polar surface area (TPSA) is 55.1 Å². The molecule has 3 heteroatoms. The number of rotatable bonds is 6. The van der Waals surface area contributed by atoms with Crippen LogP contribution >= 0.6 is 0 Å². The molecule has 0 aliphatic heterocycles. The predicted molar refractivity (Wildman–Crippen MR) is 57.8 cm³/mol. The van der Waals surface area contributed by atoms with Gasteiger partial charge in [0.2, 0.25) is 5.91 Å². The van der Waals surface area contributed by atoms with Gasteiger partial charge in [-0.1, -0.05) is 13.3 Å². The SMILES string of the molecule is CC(CCN)CNC(=O)CC1CCC1. The molecule has 0 heterocycles. The van der Waals surface area contributed by atoms with Crippen molar-refractivity contribution >= 4 is 5.91 Å². The normalized spacial score (nSPS) is 18.7. The number of nitrogens with two attached hydrogens (primary N) is 1. The lowest BCUT2D eigenvalue weighted by Gasteiger charge is -2.24. The molecule has 1 saturated carbocycles. The van der Waals surface area contributed by atoms with E-state index in [1.165, 1.54) is 19.3 Å². The number of amides is 1. The lowest BCUT2D eigenvalue weighted by atomic mass is 9.83. The molecule has 1 aliphatic rings. The molecule has 3 nitrogen and oxygen atoms in total. The lowest BCUT2D eigenvalue weighted by Crippen LogP contribution is -2.31. The van der Waals surface area contributed by atoms with Crippen molar-refractivity contribution in [2.24, 2.45) is 17.6 Å². The summed E-state index contributed by atoms with van der Waals surface area (Å²) >= 11 is 0. The fourth-order valence-electron chi connectivity index (χ4n) is 1.71. The minimum absolute atomic E-state index is 0.221. The van der Waals surface area contributed by atoms with Gasteiger partial charge in [-0.3, -0.25) is 4.79 Å². The first kappa shape index (κ1) is 11.5. The van der Waals surface area contributed by atoms with Crippen molar-refractivity contribution in [2.75, 3.05) is 13.1 Å². The van der Waals surface area contributed by atoms with Gasteiger partial charge in [0.1, 0.15) is 0 Å². The van der Waals surface area contributed by atoms with Gasteiger partial charge in [0.25, 0.3) is 0 Å². The predicted octanol–water partition coefficient (Wildman–Crippen LogP) is 1.28. The summed E-state index contributed by atoms with van der Waals surface area (Å²) in [6.45, 7) is 3.61. The third kappa shape index (κ3) is 4.09. The van der Waals surface area contributed by atoms with E-state index in [0.29, 0.717) is 18.4 Å². The zero-order valence-corrected chi connectivity index (χ0v) is 9.09. The fraction of sp³-hybridized carbons (Fsp3) is 0.909. The summed E-state index contributed by atoms with van der Waals surface area (Å²) in [5, 5.41) is 2.97. The van der Waals surface area contributed by atoms with Gasteiger partial charge in [0.05, 0.1) is 0 Å². The number of nitrogens with one attached hydrogen (secondary N) is 1. The summed E-state index contributed by atoms with van der Waals surface area (Å²) in [6.07, 6.45) is 5.51. The van der Waals surface area contributed by atoms with Crippen LogP contribution in [0.3, 0.4) is 0 Å². The maximum absolute atomic E-state index is 11.4. The Balaban J connectivity index is 2.01. The Kier molecular flexibility index (Phi) is 4.94. The maximum atomic E-state index is 11.4. The van der Waals surface area contributed by atoms with Crippen LogP contribution in [0.2, 0.25) is 0 Å². The summed E-state index contributed by atoms with van der Waals surface area (Å²) in [7, 11) is 0. The van der Waals surface area contributed by atoms with Gasteiger partial charge >= 0.3 is 0 Å². The van der Waals surface area contributed by atoms with Crippen molar-refractivity contribution in [3.63, 3.8) is 0 Å². The van der Waals surface area contributed by atoms with Crippen LogP contribution in [0.1, 0.15) is 39.0 Å². The first-order valence-corrected chi connectivity index (χ1v) is 5.69. The monoisotopic (exact) mass is 198 g/mol. The Labute approximate surface area is 86.4 Å². The molecule has 14 heavy (non-hydrogen) atoms. The molecule has 1 fully saturated rings. The van der Waals surface area contributed by atoms with Crippen molar-refractivity contribution in [3.05, 3.63) is 0 Å². The Morgan fingerprint density at radius 1 is 1.57 bits per heavy atom. The molecule has 1 unspecified atom stereocenters. The van der Waals surface area contributed by atoms with E-state index in [2.05, 4.69) is 12.2 Å². The highest BCUT2D eigenvalue weighted by molar-refractivity contribution is 5.76. The molecule has 1 rings (SSSR count). The third-order valence-electron chi connectivity index (χ3n) is 3.01. The van der Waals surface area contributed by atoms with Crippen LogP contribution in [-0.2, 0) is 4.79 Å². The van der Waals surface area contributed by atoms with Crippen LogP contribution in [0.5, 0.6) is 0 Å². The molecule has 82 valence electrons. The van der Waals surface area contributed by atoms with E-state index in [-0.39, 0.29) is 5.91 Å². The zero-order valence-electron chi connectivity index (χ0n) is 9.09. The second kappa shape index (κ2) is 6.02. The summed E-state index contributed by atoms with van der Waals surface area (Å²) in [4.78, 5) is 11.4. The molecule has 1 atom stereocenters. The van der Waals surface area contributed by atoms with E-state index in [0.717, 1.165) is 19.4 Å². The number of hydrogen-bond donors (Lipinski definition) is 2. The van der Waals surface area contributed by atoms with Crippen molar-refractivity contribution < 1.29 is 4.79 Å². The second-order valence-corrected chi connectivity index (χ2v) is 4.49. The molecule has 0 radical (unpaired) electrons. The van der Waals surface area contributed by atoms with E-state index in [1.807, 2.05) is 0 Å². The van der Waals surface area contributed by atoms with Crippen LogP contribution < -0.4 is 11.1 Å². The fourth-order valence-corrected chi connectivity index (χ4v) is 1.71. The van der Waals surface area contributed by atoms with Gasteiger partial charge in [-0.2, -0.15) is 0 Å². The molecule has 0 saturated heterocycles. The molecule has 1 amide bonds. The Morgan fingerprint density at radius 2 is 2.29 bits per heavy atom. The third-order valence-corrected chi connectivity index (χ3v) is 3.01. The van der Waals surface area contributed by atoms with Gasteiger partial charge in [0, 0.05) is 13.0 Å². The summed E-state index contributed by atoms with van der Waals surface area (Å²) in [5.41, 5.74) is 5.43. The Bertz CT molecular complexity index is 178. The summed E-state index contributed by atoms with van der Waals surface area (Å²) < 4.78 is 0. The van der Waals surface area contributed by atoms with Crippen LogP contribution in [0.15, 0.2) is 0 Å². The van der Waals surface area contributed by atoms with E-state index >= 15 is 0 Å². The van der Waals surface area contributed by atoms with Gasteiger partial charge in [-0.25, -0.2) is 0 Å². The highest BCUT2D eigenvalue weighted by Gasteiger charge is 2.20. The molecule has 0 aromatic heterocycles. The zero-order chi connectivity index (χ0) is 10.4. The average Bonchev–Trinajstić information content (AvgIpc) is 2.09. The highest BCUT2D eigenvalue weighted by Crippen LogP contribution is 2.29. The van der Waals surface area contributed by atoms with Gasteiger partial charge in [0.15, 0.2) is 0 Å². The molecule has 0 bridgehead atoms. The van der Waals surface area contributed by atoms with Crippen molar-refractivity contribution in [1.82, 2.24) is 5.32 Å². The lowest BCUT2D eigenvalue weighted by molar-refractivity contribution is -0.122. The van der Waals surface area contributed by atoms with Crippen molar-refractivity contribution in [2.45, 2.75) is 39.0 Å². The van der Waals surface area contributed by atoms with Crippen LogP contribution in [0, 0.1) is 11.8 Å². The standard InChI is InChI=1S/C11H22N2O/c1-9(5-6-12)8-13-11(14)7-10-3-2-4-10/h9-10H,2-8,12H2,1H3,(H,13,14). The highest BCUT2D eigenvalue weighted by atomic mass is 16.1. The minimum Gasteiger partial charge on any atom is -0.356 e. The molecule has 3 N–H and O–H groups in total. The van der Waals surface area contributed by atoms with Crippen LogP contribution in [0.4, 0.5) is 0 Å².